The molecule has 1 unspecified atom stereocenters. The third-order valence-electron chi connectivity index (χ3n) is 5.66. The van der Waals surface area contributed by atoms with Crippen LogP contribution < -0.4 is 4.74 Å². The summed E-state index contributed by atoms with van der Waals surface area (Å²) in [6.07, 6.45) is 7.29. The van der Waals surface area contributed by atoms with Gasteiger partial charge in [-0.15, -0.1) is 0 Å². The molecular weight excluding hydrogens is 312 g/mol. The Morgan fingerprint density at radius 2 is 2.00 bits per heavy atom. The van der Waals surface area contributed by atoms with Crippen LogP contribution in [0.25, 0.3) is 0 Å². The van der Waals surface area contributed by atoms with Gasteiger partial charge in [0.15, 0.2) is 0 Å². The lowest BCUT2D eigenvalue weighted by Gasteiger charge is -2.39. The van der Waals surface area contributed by atoms with E-state index in [0.29, 0.717) is 5.92 Å². The Bertz CT molecular complexity index is 696. The zero-order valence-electron chi connectivity index (χ0n) is 14.6. The zero-order chi connectivity index (χ0) is 17.1. The van der Waals surface area contributed by atoms with Crippen molar-refractivity contribution in [3.05, 3.63) is 59.9 Å². The van der Waals surface area contributed by atoms with Gasteiger partial charge in [0.25, 0.3) is 0 Å². The van der Waals surface area contributed by atoms with Gasteiger partial charge >= 0.3 is 0 Å². The molecule has 2 aromatic rings. The molecule has 1 aromatic heterocycles. The fourth-order valence-electron chi connectivity index (χ4n) is 4.12. The van der Waals surface area contributed by atoms with Crippen molar-refractivity contribution in [1.82, 2.24) is 9.88 Å². The first kappa shape index (κ1) is 16.6. The normalized spacial score (nSPS) is 23.3. The Kier molecular flexibility index (Phi) is 4.73. The fraction of sp³-hybridized carbons (Fsp3) is 0.476. The van der Waals surface area contributed by atoms with Crippen LogP contribution in [-0.4, -0.2) is 41.2 Å². The molecule has 2 aliphatic heterocycles. The summed E-state index contributed by atoms with van der Waals surface area (Å²) in [6, 6.07) is 12.3. The minimum Gasteiger partial charge on any atom is -0.493 e. The number of likely N-dealkylation sites (tertiary alicyclic amines) is 1. The van der Waals surface area contributed by atoms with Gasteiger partial charge in [-0.25, -0.2) is 0 Å². The summed E-state index contributed by atoms with van der Waals surface area (Å²) in [5.41, 5.74) is 1.56. The molecule has 1 saturated heterocycles. The summed E-state index contributed by atoms with van der Waals surface area (Å²) in [7, 11) is 0. The number of hydrogen-bond acceptors (Lipinski definition) is 4. The van der Waals surface area contributed by atoms with Gasteiger partial charge in [-0.2, -0.15) is 0 Å². The first-order valence-electron chi connectivity index (χ1n) is 9.29. The SMILES string of the molecule is OC1(c2cccnc2)CCN(CC2CCOc3ccccc3C2)CC1. The number of piperidine rings is 1. The molecule has 4 heteroatoms. The molecule has 1 atom stereocenters. The van der Waals surface area contributed by atoms with Crippen molar-refractivity contribution in [2.45, 2.75) is 31.3 Å². The minimum atomic E-state index is -0.718. The van der Waals surface area contributed by atoms with Crippen LogP contribution in [0.3, 0.4) is 0 Å². The van der Waals surface area contributed by atoms with Crippen molar-refractivity contribution in [3.63, 3.8) is 0 Å². The van der Waals surface area contributed by atoms with Crippen LogP contribution in [0.15, 0.2) is 48.8 Å². The van der Waals surface area contributed by atoms with E-state index >= 15 is 0 Å². The van der Waals surface area contributed by atoms with E-state index in [-0.39, 0.29) is 0 Å². The summed E-state index contributed by atoms with van der Waals surface area (Å²) in [4.78, 5) is 6.67. The molecule has 0 saturated carbocycles. The predicted molar refractivity (Wildman–Crippen MR) is 97.6 cm³/mol. The van der Waals surface area contributed by atoms with Gasteiger partial charge in [-0.05, 0) is 49.3 Å². The third kappa shape index (κ3) is 3.70. The number of benzene rings is 1. The van der Waals surface area contributed by atoms with Gasteiger partial charge in [0.1, 0.15) is 5.75 Å². The number of aliphatic hydroxyl groups is 1. The van der Waals surface area contributed by atoms with E-state index in [0.717, 1.165) is 63.2 Å². The molecule has 1 N–H and O–H groups in total. The van der Waals surface area contributed by atoms with Crippen LogP contribution in [0.1, 0.15) is 30.4 Å². The lowest BCUT2D eigenvalue weighted by atomic mass is 9.85. The Labute approximate surface area is 149 Å². The van der Waals surface area contributed by atoms with Gasteiger partial charge in [0.2, 0.25) is 0 Å². The van der Waals surface area contributed by atoms with Crippen molar-refractivity contribution in [3.8, 4) is 5.75 Å². The molecule has 0 bridgehead atoms. The lowest BCUT2D eigenvalue weighted by molar-refractivity contribution is -0.0293. The van der Waals surface area contributed by atoms with E-state index in [9.17, 15) is 5.11 Å². The first-order chi connectivity index (χ1) is 12.2. The molecule has 132 valence electrons. The van der Waals surface area contributed by atoms with Crippen LogP contribution in [0.5, 0.6) is 5.75 Å². The molecule has 0 spiro atoms. The maximum absolute atomic E-state index is 11.0. The summed E-state index contributed by atoms with van der Waals surface area (Å²) in [5, 5.41) is 11.0. The summed E-state index contributed by atoms with van der Waals surface area (Å²) in [6.45, 7) is 3.75. The number of para-hydroxylation sites is 1. The molecule has 1 aromatic carbocycles. The number of fused-ring (bicyclic) bond motifs is 1. The van der Waals surface area contributed by atoms with Crippen LogP contribution in [-0.2, 0) is 12.0 Å². The second-order valence-corrected chi connectivity index (χ2v) is 7.39. The number of ether oxygens (including phenoxy) is 1. The van der Waals surface area contributed by atoms with Gasteiger partial charge in [-0.1, -0.05) is 24.3 Å². The maximum Gasteiger partial charge on any atom is 0.122 e. The van der Waals surface area contributed by atoms with E-state index < -0.39 is 5.60 Å². The maximum atomic E-state index is 11.0. The molecule has 0 aliphatic carbocycles. The van der Waals surface area contributed by atoms with Crippen LogP contribution in [0.4, 0.5) is 0 Å². The first-order valence-corrected chi connectivity index (χ1v) is 9.29. The highest BCUT2D eigenvalue weighted by atomic mass is 16.5. The standard InChI is InChI=1S/C21H26N2O2/c24-21(19-5-3-10-22-15-19)8-11-23(12-9-21)16-17-7-13-25-20-6-2-1-4-18(20)14-17/h1-6,10,15,17,24H,7-9,11-14,16H2. The number of hydrogen-bond donors (Lipinski definition) is 1. The molecular formula is C21H26N2O2. The topological polar surface area (TPSA) is 45.6 Å². The van der Waals surface area contributed by atoms with Crippen LogP contribution >= 0.6 is 0 Å². The highest BCUT2D eigenvalue weighted by Gasteiger charge is 2.34. The number of nitrogens with zero attached hydrogens (tertiary/aromatic N) is 2. The third-order valence-corrected chi connectivity index (χ3v) is 5.66. The number of aromatic nitrogens is 1. The van der Waals surface area contributed by atoms with Crippen molar-refractivity contribution < 1.29 is 9.84 Å². The van der Waals surface area contributed by atoms with E-state index in [1.54, 1.807) is 12.4 Å². The van der Waals surface area contributed by atoms with E-state index in [1.807, 2.05) is 18.2 Å². The van der Waals surface area contributed by atoms with Crippen molar-refractivity contribution >= 4 is 0 Å². The molecule has 1 fully saturated rings. The lowest BCUT2D eigenvalue weighted by Crippen LogP contribution is -2.44. The average Bonchev–Trinajstić information content (AvgIpc) is 2.86. The Morgan fingerprint density at radius 3 is 2.80 bits per heavy atom. The largest absolute Gasteiger partial charge is 0.493 e. The van der Waals surface area contributed by atoms with Gasteiger partial charge in [0, 0.05) is 37.6 Å². The van der Waals surface area contributed by atoms with E-state index in [2.05, 4.69) is 28.1 Å². The molecule has 4 nitrogen and oxygen atoms in total. The average molecular weight is 338 g/mol. The van der Waals surface area contributed by atoms with Crippen molar-refractivity contribution in [2.75, 3.05) is 26.2 Å². The summed E-state index contributed by atoms with van der Waals surface area (Å²) in [5.74, 6) is 1.67. The number of rotatable bonds is 3. The number of pyridine rings is 1. The van der Waals surface area contributed by atoms with Crippen molar-refractivity contribution in [2.24, 2.45) is 5.92 Å². The highest BCUT2D eigenvalue weighted by molar-refractivity contribution is 5.34. The Hall–Kier alpha value is -1.91. The fourth-order valence-corrected chi connectivity index (χ4v) is 4.12. The molecule has 0 radical (unpaired) electrons. The minimum absolute atomic E-state index is 0.619. The van der Waals surface area contributed by atoms with Crippen LogP contribution in [0.2, 0.25) is 0 Å². The van der Waals surface area contributed by atoms with E-state index in [1.165, 1.54) is 5.56 Å². The molecule has 2 aliphatic rings. The van der Waals surface area contributed by atoms with Gasteiger partial charge in [0.05, 0.1) is 12.2 Å². The Morgan fingerprint density at radius 1 is 1.16 bits per heavy atom. The van der Waals surface area contributed by atoms with Gasteiger partial charge in [-0.3, -0.25) is 4.98 Å². The molecule has 4 rings (SSSR count). The molecule has 25 heavy (non-hydrogen) atoms. The van der Waals surface area contributed by atoms with E-state index in [4.69, 9.17) is 4.74 Å². The smallest absolute Gasteiger partial charge is 0.122 e. The molecule has 0 amide bonds. The monoisotopic (exact) mass is 338 g/mol. The molecule has 3 heterocycles. The van der Waals surface area contributed by atoms with Crippen molar-refractivity contribution in [1.29, 1.82) is 0 Å². The van der Waals surface area contributed by atoms with Gasteiger partial charge < -0.3 is 14.7 Å². The quantitative estimate of drug-likeness (QED) is 0.934. The summed E-state index contributed by atoms with van der Waals surface area (Å²) >= 11 is 0. The second kappa shape index (κ2) is 7.14. The second-order valence-electron chi connectivity index (χ2n) is 7.39. The highest BCUT2D eigenvalue weighted by Crippen LogP contribution is 2.33. The predicted octanol–water partition coefficient (Wildman–Crippen LogP) is 3.01. The summed E-state index contributed by atoms with van der Waals surface area (Å²) < 4.78 is 5.89. The zero-order valence-corrected chi connectivity index (χ0v) is 14.6. The van der Waals surface area contributed by atoms with Crippen LogP contribution in [0, 0.1) is 5.92 Å². The Balaban J connectivity index is 1.36.